The maximum absolute atomic E-state index is 13.6. The molecule has 4 rings (SSSR count). The highest BCUT2D eigenvalue weighted by Crippen LogP contribution is 2.37. The summed E-state index contributed by atoms with van der Waals surface area (Å²) < 4.78 is 68.0. The van der Waals surface area contributed by atoms with Gasteiger partial charge in [0.05, 0.1) is 35.1 Å². The number of hydrogen-bond acceptors (Lipinski definition) is 9. The van der Waals surface area contributed by atoms with Gasteiger partial charge in [-0.1, -0.05) is 24.6 Å². The minimum absolute atomic E-state index is 0.0288. The molecule has 3 heterocycles. The third kappa shape index (κ3) is 5.12. The van der Waals surface area contributed by atoms with Crippen molar-refractivity contribution in [3.8, 4) is 17.2 Å². The number of benzene rings is 1. The smallest absolute Gasteiger partial charge is 0.160 e. The number of aromatic nitrogens is 5. The van der Waals surface area contributed by atoms with Crippen LogP contribution in [-0.4, -0.2) is 65.8 Å². The van der Waals surface area contributed by atoms with Crippen LogP contribution in [0, 0.1) is 0 Å². The Morgan fingerprint density at radius 2 is 1.94 bits per heavy atom. The van der Waals surface area contributed by atoms with Gasteiger partial charge in [0.1, 0.15) is 34.6 Å². The van der Waals surface area contributed by atoms with E-state index in [4.69, 9.17) is 29.9 Å². The zero-order valence-electron chi connectivity index (χ0n) is 22.5. The molecule has 1 aliphatic rings. The van der Waals surface area contributed by atoms with Gasteiger partial charge in [-0.15, -0.1) is 10.2 Å². The van der Waals surface area contributed by atoms with Gasteiger partial charge < -0.3 is 14.2 Å². The van der Waals surface area contributed by atoms with Crippen LogP contribution in [-0.2, 0) is 20.3 Å². The highest BCUT2D eigenvalue weighted by molar-refractivity contribution is 7.91. The first kappa shape index (κ1) is 21.5. The summed E-state index contributed by atoms with van der Waals surface area (Å²) in [5, 5.41) is 8.02. The summed E-state index contributed by atoms with van der Waals surface area (Å²) in [5.41, 5.74) is 0.199. The molecule has 1 saturated heterocycles. The van der Waals surface area contributed by atoms with Gasteiger partial charge in [0.15, 0.2) is 15.7 Å². The van der Waals surface area contributed by atoms with Crippen molar-refractivity contribution in [2.24, 2.45) is 0 Å². The van der Waals surface area contributed by atoms with Crippen LogP contribution in [0.25, 0.3) is 5.69 Å². The van der Waals surface area contributed by atoms with Crippen LogP contribution in [0.1, 0.15) is 53.7 Å². The summed E-state index contributed by atoms with van der Waals surface area (Å²) in [4.78, 5) is 8.34. The van der Waals surface area contributed by atoms with Crippen LogP contribution in [0.2, 0.25) is 5.02 Å². The lowest BCUT2D eigenvalue weighted by Gasteiger charge is -2.21. The van der Waals surface area contributed by atoms with Gasteiger partial charge in [-0.3, -0.25) is 4.57 Å². The number of rotatable bonds is 9. The van der Waals surface area contributed by atoms with Gasteiger partial charge in [0, 0.05) is 30.8 Å². The van der Waals surface area contributed by atoms with Crippen molar-refractivity contribution in [3.05, 3.63) is 53.1 Å². The Hall–Kier alpha value is -2.76. The van der Waals surface area contributed by atoms with E-state index in [0.717, 1.165) is 0 Å². The Labute approximate surface area is 213 Å². The van der Waals surface area contributed by atoms with Gasteiger partial charge in [-0.05, 0) is 25.5 Å². The van der Waals surface area contributed by atoms with Crippen LogP contribution in [0.4, 0.5) is 0 Å². The van der Waals surface area contributed by atoms with Crippen LogP contribution >= 0.6 is 11.6 Å². The second-order valence-corrected chi connectivity index (χ2v) is 11.1. The first-order chi connectivity index (χ1) is 17.9. The molecule has 10 nitrogen and oxygen atoms in total. The van der Waals surface area contributed by atoms with Crippen molar-refractivity contribution in [1.29, 1.82) is 0 Å². The van der Waals surface area contributed by atoms with Crippen molar-refractivity contribution in [2.45, 2.75) is 43.1 Å². The molecule has 1 aromatic carbocycles. The predicted octanol–water partition coefficient (Wildman–Crippen LogP) is 3.34. The summed E-state index contributed by atoms with van der Waals surface area (Å²) in [6.07, 6.45) is 3.47. The topological polar surface area (TPSA) is 118 Å². The number of hydrogen-bond donors (Lipinski definition) is 0. The van der Waals surface area contributed by atoms with E-state index >= 15 is 0 Å². The molecule has 0 radical (unpaired) electrons. The van der Waals surface area contributed by atoms with E-state index in [0.29, 0.717) is 36.3 Å². The molecule has 3 aromatic rings. The van der Waals surface area contributed by atoms with E-state index < -0.39 is 33.8 Å². The Kier molecular flexibility index (Phi) is 6.44. The monoisotopic (exact) mass is 524 g/mol. The van der Waals surface area contributed by atoms with E-state index in [2.05, 4.69) is 20.2 Å². The highest BCUT2D eigenvalue weighted by Gasteiger charge is 2.34. The van der Waals surface area contributed by atoms with E-state index in [9.17, 15) is 8.42 Å². The molecule has 1 fully saturated rings. The summed E-state index contributed by atoms with van der Waals surface area (Å²) in [7, 11) is -5.18. The number of sulfone groups is 1. The quantitative estimate of drug-likeness (QED) is 0.415. The molecule has 0 spiro atoms. The van der Waals surface area contributed by atoms with E-state index in [1.54, 1.807) is 26.0 Å². The van der Waals surface area contributed by atoms with Crippen molar-refractivity contribution in [3.63, 3.8) is 0 Å². The molecular formula is C23H28ClN5O5S. The first-order valence-electron chi connectivity index (χ1n) is 12.5. The molecule has 0 amide bonds. The van der Waals surface area contributed by atoms with Crippen LogP contribution in [0.15, 0.2) is 30.6 Å². The van der Waals surface area contributed by atoms with Gasteiger partial charge in [0.2, 0.25) is 0 Å². The van der Waals surface area contributed by atoms with Crippen LogP contribution in [0.5, 0.6) is 11.5 Å². The van der Waals surface area contributed by atoms with Crippen molar-refractivity contribution in [2.75, 3.05) is 27.4 Å². The second-order valence-electron chi connectivity index (χ2n) is 8.34. The molecular weight excluding hydrogens is 494 g/mol. The fourth-order valence-electron chi connectivity index (χ4n) is 4.03. The first-order valence-corrected chi connectivity index (χ1v) is 13.1. The lowest BCUT2D eigenvalue weighted by molar-refractivity contribution is 0.193. The molecule has 188 valence electrons. The summed E-state index contributed by atoms with van der Waals surface area (Å²) >= 11 is 5.88. The summed E-state index contributed by atoms with van der Waals surface area (Å²) in [6.45, 7) is 4.17. The Balaban J connectivity index is 1.80. The van der Waals surface area contributed by atoms with Crippen LogP contribution < -0.4 is 9.47 Å². The normalized spacial score (nSPS) is 19.4. The van der Waals surface area contributed by atoms with E-state index in [1.807, 2.05) is 0 Å². The molecule has 3 atom stereocenters. The number of para-hydroxylation sites is 1. The van der Waals surface area contributed by atoms with E-state index in [1.165, 1.54) is 30.1 Å². The Morgan fingerprint density at radius 1 is 1.23 bits per heavy atom. The molecule has 2 aromatic heterocycles. The molecule has 0 N–H and O–H groups in total. The standard InChI is InChI=1S/C23H28ClN5O5S/c1-14(22-25-10-17(24)11-26-22)15(2)35(30,31)13-20-27-28-23(16-8-9-34-12-16)29(20)21-18(32-3)6-5-7-19(21)33-4/h5-7,10-11,14-16H,8-9,12-13H2,1-4H3/t14-,15-,16-/m0/s1/i3D3. The van der Waals surface area contributed by atoms with Gasteiger partial charge in [-0.2, -0.15) is 0 Å². The minimum Gasteiger partial charge on any atom is -0.494 e. The summed E-state index contributed by atoms with van der Waals surface area (Å²) in [5.74, 6) is -0.135. The third-order valence-corrected chi connectivity index (χ3v) is 8.61. The second kappa shape index (κ2) is 10.5. The van der Waals surface area contributed by atoms with Crippen molar-refractivity contribution >= 4 is 21.4 Å². The zero-order chi connectivity index (χ0) is 27.7. The molecule has 1 aliphatic heterocycles. The number of methoxy groups -OCH3 is 2. The Bertz CT molecular complexity index is 1380. The number of halogens is 1. The van der Waals surface area contributed by atoms with E-state index in [-0.39, 0.29) is 28.9 Å². The lowest BCUT2D eigenvalue weighted by Crippen LogP contribution is -2.27. The Morgan fingerprint density at radius 3 is 2.57 bits per heavy atom. The highest BCUT2D eigenvalue weighted by atomic mass is 35.5. The minimum atomic E-state index is -3.84. The average Bonchev–Trinajstić information content (AvgIpc) is 3.52. The number of nitrogens with zero attached hydrogens (tertiary/aromatic N) is 5. The summed E-state index contributed by atoms with van der Waals surface area (Å²) in [6, 6.07) is 4.68. The lowest BCUT2D eigenvalue weighted by atomic mass is 10.1. The molecule has 0 aliphatic carbocycles. The average molecular weight is 525 g/mol. The molecule has 12 heteroatoms. The van der Waals surface area contributed by atoms with Gasteiger partial charge >= 0.3 is 0 Å². The maximum Gasteiger partial charge on any atom is 0.160 e. The maximum atomic E-state index is 13.6. The molecule has 0 unspecified atom stereocenters. The predicted molar refractivity (Wildman–Crippen MR) is 130 cm³/mol. The molecule has 35 heavy (non-hydrogen) atoms. The van der Waals surface area contributed by atoms with Gasteiger partial charge in [0.25, 0.3) is 0 Å². The number of ether oxygens (including phenoxy) is 3. The zero-order valence-corrected chi connectivity index (χ0v) is 21.1. The molecule has 0 saturated carbocycles. The third-order valence-electron chi connectivity index (χ3n) is 6.21. The van der Waals surface area contributed by atoms with Crippen LogP contribution in [0.3, 0.4) is 0 Å². The van der Waals surface area contributed by atoms with Crippen molar-refractivity contribution < 1.29 is 26.7 Å². The fourth-order valence-corrected chi connectivity index (χ4v) is 5.68. The largest absolute Gasteiger partial charge is 0.494 e. The molecule has 0 bridgehead atoms. The fraction of sp³-hybridized carbons (Fsp3) is 0.478. The SMILES string of the molecule is [2H]C([2H])([2H])Oc1cccc(OC)c1-n1c(CS(=O)(=O)[C@@H](C)[C@H](C)c2ncc(Cl)cn2)nnc1[C@H]1CCOC1. The van der Waals surface area contributed by atoms with Gasteiger partial charge in [-0.25, -0.2) is 18.4 Å². The van der Waals surface area contributed by atoms with Crippen molar-refractivity contribution in [1.82, 2.24) is 24.7 Å².